The first-order chi connectivity index (χ1) is 10.1. The summed E-state index contributed by atoms with van der Waals surface area (Å²) in [5.41, 5.74) is 2.45. The number of fused-ring (bicyclic) bond motifs is 1. The van der Waals surface area contributed by atoms with Gasteiger partial charge >= 0.3 is 0 Å². The van der Waals surface area contributed by atoms with Crippen LogP contribution in [0.3, 0.4) is 0 Å². The van der Waals surface area contributed by atoms with E-state index in [2.05, 4.69) is 4.98 Å². The van der Waals surface area contributed by atoms with Gasteiger partial charge in [-0.3, -0.25) is 4.57 Å². The first kappa shape index (κ1) is 14.5. The molecular weight excluding hydrogens is 331 g/mol. The third kappa shape index (κ3) is 2.57. The van der Waals surface area contributed by atoms with E-state index in [0.29, 0.717) is 15.9 Å². The molecule has 0 saturated heterocycles. The molecular formula is C15H11Cl3N2O. The maximum atomic E-state index is 6.30. The fourth-order valence-electron chi connectivity index (χ4n) is 2.25. The second-order valence-electron chi connectivity index (χ2n) is 4.45. The molecule has 0 aliphatic carbocycles. The molecule has 0 bridgehead atoms. The molecule has 0 unspecified atom stereocenters. The molecule has 108 valence electrons. The number of rotatable bonds is 3. The summed E-state index contributed by atoms with van der Waals surface area (Å²) in [7, 11) is 1.62. The summed E-state index contributed by atoms with van der Waals surface area (Å²) in [4.78, 5) is 4.54. The zero-order valence-electron chi connectivity index (χ0n) is 11.1. The number of nitrogens with zero attached hydrogens (tertiary/aromatic N) is 2. The van der Waals surface area contributed by atoms with Crippen molar-refractivity contribution >= 4 is 45.8 Å². The van der Waals surface area contributed by atoms with E-state index < -0.39 is 0 Å². The zero-order chi connectivity index (χ0) is 15.0. The van der Waals surface area contributed by atoms with Crippen molar-refractivity contribution in [2.24, 2.45) is 0 Å². The van der Waals surface area contributed by atoms with Crippen LogP contribution in [-0.4, -0.2) is 16.7 Å². The summed E-state index contributed by atoms with van der Waals surface area (Å²) >= 11 is 18.4. The fourth-order valence-corrected chi connectivity index (χ4v) is 2.80. The van der Waals surface area contributed by atoms with Crippen LogP contribution in [-0.2, 0) is 5.88 Å². The SMILES string of the molecule is COc1ccc2c(c1)nc(CCl)n2-c1cc(Cl)ccc1Cl. The molecule has 3 nitrogen and oxygen atoms in total. The Labute approximate surface area is 137 Å². The van der Waals surface area contributed by atoms with Crippen LogP contribution in [0.25, 0.3) is 16.7 Å². The van der Waals surface area contributed by atoms with Gasteiger partial charge in [0.25, 0.3) is 0 Å². The number of hydrogen-bond donors (Lipinski definition) is 0. The highest BCUT2D eigenvalue weighted by Gasteiger charge is 2.15. The molecule has 0 amide bonds. The Bertz CT molecular complexity index is 814. The van der Waals surface area contributed by atoms with Gasteiger partial charge in [-0.15, -0.1) is 11.6 Å². The van der Waals surface area contributed by atoms with Crippen LogP contribution in [0.1, 0.15) is 5.82 Å². The highest BCUT2D eigenvalue weighted by molar-refractivity contribution is 6.34. The molecule has 0 N–H and O–H groups in total. The largest absolute Gasteiger partial charge is 0.497 e. The molecule has 3 rings (SSSR count). The number of alkyl halides is 1. The number of hydrogen-bond acceptors (Lipinski definition) is 2. The maximum Gasteiger partial charge on any atom is 0.129 e. The lowest BCUT2D eigenvalue weighted by Gasteiger charge is -2.10. The zero-order valence-corrected chi connectivity index (χ0v) is 13.4. The average Bonchev–Trinajstić information content (AvgIpc) is 2.87. The van der Waals surface area contributed by atoms with Gasteiger partial charge in [-0.25, -0.2) is 4.98 Å². The number of imidazole rings is 1. The summed E-state index contributed by atoms with van der Waals surface area (Å²) in [6, 6.07) is 11.0. The Kier molecular flexibility index (Phi) is 3.98. The molecule has 2 aromatic carbocycles. The van der Waals surface area contributed by atoms with Gasteiger partial charge in [0.05, 0.1) is 34.7 Å². The van der Waals surface area contributed by atoms with Crippen LogP contribution >= 0.6 is 34.8 Å². The molecule has 21 heavy (non-hydrogen) atoms. The minimum Gasteiger partial charge on any atom is -0.497 e. The van der Waals surface area contributed by atoms with Gasteiger partial charge < -0.3 is 4.74 Å². The van der Waals surface area contributed by atoms with E-state index in [0.717, 1.165) is 22.5 Å². The van der Waals surface area contributed by atoms with Crippen LogP contribution < -0.4 is 4.74 Å². The van der Waals surface area contributed by atoms with Crippen molar-refractivity contribution in [2.75, 3.05) is 7.11 Å². The quantitative estimate of drug-likeness (QED) is 0.621. The highest BCUT2D eigenvalue weighted by Crippen LogP contribution is 2.31. The molecule has 3 aromatic rings. The van der Waals surface area contributed by atoms with E-state index in [4.69, 9.17) is 39.5 Å². The lowest BCUT2D eigenvalue weighted by molar-refractivity contribution is 0.415. The maximum absolute atomic E-state index is 6.30. The summed E-state index contributed by atoms with van der Waals surface area (Å²) in [6.45, 7) is 0. The molecule has 0 fully saturated rings. The minimum atomic E-state index is 0.264. The molecule has 1 heterocycles. The first-order valence-electron chi connectivity index (χ1n) is 6.21. The number of ether oxygens (including phenoxy) is 1. The van der Waals surface area contributed by atoms with Crippen molar-refractivity contribution < 1.29 is 4.74 Å². The monoisotopic (exact) mass is 340 g/mol. The van der Waals surface area contributed by atoms with E-state index in [1.165, 1.54) is 0 Å². The molecule has 6 heteroatoms. The van der Waals surface area contributed by atoms with Crippen molar-refractivity contribution in [3.63, 3.8) is 0 Å². The average molecular weight is 342 g/mol. The van der Waals surface area contributed by atoms with Crippen molar-refractivity contribution in [3.05, 3.63) is 52.3 Å². The van der Waals surface area contributed by atoms with Gasteiger partial charge in [-0.2, -0.15) is 0 Å². The van der Waals surface area contributed by atoms with Crippen molar-refractivity contribution in [3.8, 4) is 11.4 Å². The van der Waals surface area contributed by atoms with Gasteiger partial charge in [0.15, 0.2) is 0 Å². The summed E-state index contributed by atoms with van der Waals surface area (Å²) in [6.07, 6.45) is 0. The van der Waals surface area contributed by atoms with Crippen LogP contribution in [0.5, 0.6) is 5.75 Å². The van der Waals surface area contributed by atoms with Crippen LogP contribution in [0.4, 0.5) is 0 Å². The Morgan fingerprint density at radius 1 is 1.14 bits per heavy atom. The molecule has 0 radical (unpaired) electrons. The van der Waals surface area contributed by atoms with Gasteiger partial charge in [0, 0.05) is 11.1 Å². The third-order valence-electron chi connectivity index (χ3n) is 3.20. The number of aromatic nitrogens is 2. The van der Waals surface area contributed by atoms with Gasteiger partial charge in [0.2, 0.25) is 0 Å². The highest BCUT2D eigenvalue weighted by atomic mass is 35.5. The smallest absolute Gasteiger partial charge is 0.129 e. The Morgan fingerprint density at radius 2 is 1.95 bits per heavy atom. The molecule has 1 aromatic heterocycles. The summed E-state index contributed by atoms with van der Waals surface area (Å²) in [5, 5.41) is 1.19. The molecule has 0 aliphatic rings. The normalized spacial score (nSPS) is 11.0. The van der Waals surface area contributed by atoms with E-state index in [9.17, 15) is 0 Å². The first-order valence-corrected chi connectivity index (χ1v) is 7.50. The van der Waals surface area contributed by atoms with Gasteiger partial charge in [-0.05, 0) is 30.3 Å². The number of halogens is 3. The third-order valence-corrected chi connectivity index (χ3v) is 3.99. The number of benzene rings is 2. The van der Waals surface area contributed by atoms with Gasteiger partial charge in [-0.1, -0.05) is 23.2 Å². The van der Waals surface area contributed by atoms with Crippen LogP contribution in [0.2, 0.25) is 10.0 Å². The van der Waals surface area contributed by atoms with Crippen LogP contribution in [0.15, 0.2) is 36.4 Å². The van der Waals surface area contributed by atoms with Crippen LogP contribution in [0, 0.1) is 0 Å². The van der Waals surface area contributed by atoms with Crippen molar-refractivity contribution in [2.45, 2.75) is 5.88 Å². The minimum absolute atomic E-state index is 0.264. The summed E-state index contributed by atoms with van der Waals surface area (Å²) < 4.78 is 7.14. The second-order valence-corrected chi connectivity index (χ2v) is 5.56. The standard InChI is InChI=1S/C15H11Cl3N2O/c1-21-10-3-5-13-12(7-10)19-15(8-16)20(13)14-6-9(17)2-4-11(14)18/h2-7H,8H2,1H3. The predicted molar refractivity (Wildman–Crippen MR) is 87.2 cm³/mol. The summed E-state index contributed by atoms with van der Waals surface area (Å²) in [5.74, 6) is 1.70. The van der Waals surface area contributed by atoms with E-state index >= 15 is 0 Å². The Hall–Kier alpha value is -1.42. The second kappa shape index (κ2) is 5.76. The molecule has 0 atom stereocenters. The predicted octanol–water partition coefficient (Wildman–Crippen LogP) is 5.08. The van der Waals surface area contributed by atoms with E-state index in [-0.39, 0.29) is 5.88 Å². The van der Waals surface area contributed by atoms with E-state index in [1.54, 1.807) is 25.3 Å². The topological polar surface area (TPSA) is 27.1 Å². The molecule has 0 saturated carbocycles. The van der Waals surface area contributed by atoms with Crippen molar-refractivity contribution in [1.82, 2.24) is 9.55 Å². The fraction of sp³-hybridized carbons (Fsp3) is 0.133. The van der Waals surface area contributed by atoms with Crippen molar-refractivity contribution in [1.29, 1.82) is 0 Å². The Morgan fingerprint density at radius 3 is 2.67 bits per heavy atom. The number of methoxy groups -OCH3 is 1. The Balaban J connectivity index is 2.32. The molecule has 0 spiro atoms. The lowest BCUT2D eigenvalue weighted by Crippen LogP contribution is -2.00. The van der Waals surface area contributed by atoms with Gasteiger partial charge in [0.1, 0.15) is 11.6 Å². The van der Waals surface area contributed by atoms with E-state index in [1.807, 2.05) is 22.8 Å². The molecule has 0 aliphatic heterocycles. The lowest BCUT2D eigenvalue weighted by atomic mass is 10.2.